The highest BCUT2D eigenvalue weighted by Crippen LogP contribution is 2.23. The lowest BCUT2D eigenvalue weighted by Crippen LogP contribution is -2.31. The van der Waals surface area contributed by atoms with Crippen molar-refractivity contribution in [1.82, 2.24) is 19.2 Å². The summed E-state index contributed by atoms with van der Waals surface area (Å²) in [5.74, 6) is 0.501. The molecule has 0 unspecified atom stereocenters. The molecule has 3 aromatic rings. The molecule has 0 aliphatic heterocycles. The number of sulfonamides is 1. The normalized spacial score (nSPS) is 11.2. The first-order valence-electron chi connectivity index (χ1n) is 11.8. The van der Waals surface area contributed by atoms with E-state index in [1.165, 1.54) is 0 Å². The number of rotatable bonds is 13. The number of nitrogens with one attached hydrogen (secondary N) is 2. The molecule has 4 N–H and O–H groups in total. The van der Waals surface area contributed by atoms with Crippen molar-refractivity contribution in [2.24, 2.45) is 5.73 Å². The second-order valence-electron chi connectivity index (χ2n) is 8.73. The van der Waals surface area contributed by atoms with Crippen LogP contribution in [0.15, 0.2) is 47.4 Å². The van der Waals surface area contributed by atoms with Crippen molar-refractivity contribution >= 4 is 57.7 Å². The fourth-order valence-electron chi connectivity index (χ4n) is 3.80. The molecule has 0 fully saturated rings. The fourth-order valence-corrected chi connectivity index (χ4v) is 4.84. The number of amidine groups is 1. The van der Waals surface area contributed by atoms with Gasteiger partial charge in [0.1, 0.15) is 11.7 Å². The number of carbonyl (C=O) groups excluding carboxylic acids is 1. The van der Waals surface area contributed by atoms with E-state index in [1.54, 1.807) is 37.3 Å². The molecule has 1 heterocycles. The highest BCUT2D eigenvalue weighted by Gasteiger charge is 2.18. The lowest BCUT2D eigenvalue weighted by Gasteiger charge is -2.11. The van der Waals surface area contributed by atoms with Crippen molar-refractivity contribution in [1.29, 1.82) is 5.41 Å². The van der Waals surface area contributed by atoms with Gasteiger partial charge in [-0.25, -0.2) is 18.1 Å². The van der Waals surface area contributed by atoms with Crippen LogP contribution in [0.1, 0.15) is 36.7 Å². The minimum atomic E-state index is -3.68. The van der Waals surface area contributed by atoms with Gasteiger partial charge in [-0.2, -0.15) is 0 Å². The summed E-state index contributed by atoms with van der Waals surface area (Å²) in [5, 5.41) is 7.58. The first-order valence-corrected chi connectivity index (χ1v) is 13.3. The number of esters is 1. The number of likely N-dealkylation sites (N-methyl/N-ethyl adjacent to an activating group) is 1. The summed E-state index contributed by atoms with van der Waals surface area (Å²) in [7, 11) is 0.0818. The molecule has 13 heteroatoms. The maximum Gasteiger partial charge on any atom is 0.305 e. The fraction of sp³-hybridized carbons (Fsp3) is 0.400. The van der Waals surface area contributed by atoms with E-state index in [9.17, 15) is 13.2 Å². The van der Waals surface area contributed by atoms with Crippen LogP contribution in [-0.4, -0.2) is 68.5 Å². The molecule has 38 heavy (non-hydrogen) atoms. The number of halogens is 2. The third-order valence-electron chi connectivity index (χ3n) is 5.66. The molecule has 0 aliphatic rings. The van der Waals surface area contributed by atoms with Crippen LogP contribution in [-0.2, 0) is 32.5 Å². The molecular formula is C25H36Cl2N6O4S. The molecule has 0 saturated carbocycles. The predicted molar refractivity (Wildman–Crippen MR) is 154 cm³/mol. The molecule has 1 aromatic heterocycles. The Hall–Kier alpha value is -2.70. The van der Waals surface area contributed by atoms with Crippen LogP contribution in [0.5, 0.6) is 0 Å². The van der Waals surface area contributed by atoms with Gasteiger partial charge in [-0.15, -0.1) is 24.8 Å². The van der Waals surface area contributed by atoms with E-state index >= 15 is 0 Å². The number of aryl methyl sites for hydroxylation is 1. The quantitative estimate of drug-likeness (QED) is 0.159. The van der Waals surface area contributed by atoms with Gasteiger partial charge in [0, 0.05) is 38.0 Å². The highest BCUT2D eigenvalue weighted by atomic mass is 35.5. The number of nitrogens with two attached hydrogens (primary N) is 1. The minimum absolute atomic E-state index is 0. The lowest BCUT2D eigenvalue weighted by molar-refractivity contribution is -0.143. The average molecular weight is 588 g/mol. The Morgan fingerprint density at radius 2 is 1.84 bits per heavy atom. The van der Waals surface area contributed by atoms with Crippen molar-refractivity contribution in [3.05, 3.63) is 59.4 Å². The van der Waals surface area contributed by atoms with E-state index in [2.05, 4.69) is 4.72 Å². The maximum atomic E-state index is 12.8. The van der Waals surface area contributed by atoms with Gasteiger partial charge in [-0.1, -0.05) is 24.3 Å². The van der Waals surface area contributed by atoms with Crippen molar-refractivity contribution in [3.8, 4) is 0 Å². The molecular weight excluding hydrogens is 551 g/mol. The molecule has 0 atom stereocenters. The third-order valence-corrected chi connectivity index (χ3v) is 7.11. The van der Waals surface area contributed by atoms with Gasteiger partial charge in [-0.05, 0) is 51.2 Å². The number of hydrogen-bond donors (Lipinski definition) is 3. The van der Waals surface area contributed by atoms with Gasteiger partial charge >= 0.3 is 5.97 Å². The van der Waals surface area contributed by atoms with Crippen molar-refractivity contribution in [2.45, 2.75) is 37.6 Å². The number of aromatic nitrogens is 2. The zero-order chi connectivity index (χ0) is 26.3. The lowest BCUT2D eigenvalue weighted by atomic mass is 10.1. The van der Waals surface area contributed by atoms with Crippen molar-refractivity contribution in [2.75, 3.05) is 33.8 Å². The van der Waals surface area contributed by atoms with Gasteiger partial charge < -0.3 is 19.9 Å². The number of carbonyl (C=O) groups is 1. The maximum absolute atomic E-state index is 12.8. The number of hydrogen-bond acceptors (Lipinski definition) is 7. The summed E-state index contributed by atoms with van der Waals surface area (Å²) in [6, 6.07) is 12.3. The predicted octanol–water partition coefficient (Wildman–Crippen LogP) is 2.94. The molecule has 0 radical (unpaired) electrons. The van der Waals surface area contributed by atoms with Gasteiger partial charge in [0.15, 0.2) is 0 Å². The summed E-state index contributed by atoms with van der Waals surface area (Å²) in [6.45, 7) is 3.54. The summed E-state index contributed by atoms with van der Waals surface area (Å²) in [6.07, 6.45) is 1.34. The second kappa shape index (κ2) is 15.0. The Balaban J connectivity index is 0.00000361. The van der Waals surface area contributed by atoms with E-state index < -0.39 is 10.0 Å². The van der Waals surface area contributed by atoms with E-state index in [1.807, 2.05) is 35.7 Å². The highest BCUT2D eigenvalue weighted by molar-refractivity contribution is 7.89. The number of nitrogens with zero attached hydrogens (tertiary/aromatic N) is 3. The summed E-state index contributed by atoms with van der Waals surface area (Å²) in [5.41, 5.74) is 8.53. The molecule has 0 amide bonds. The monoisotopic (exact) mass is 586 g/mol. The van der Waals surface area contributed by atoms with E-state index in [4.69, 9.17) is 20.9 Å². The first kappa shape index (κ1) is 33.3. The second-order valence-corrected chi connectivity index (χ2v) is 10.5. The molecule has 210 valence electrons. The smallest absolute Gasteiger partial charge is 0.305 e. The average Bonchev–Trinajstić information content (AvgIpc) is 3.15. The topological polar surface area (TPSA) is 143 Å². The number of nitrogen functional groups attached to an aromatic ring is 1. The van der Waals surface area contributed by atoms with Crippen LogP contribution >= 0.6 is 24.8 Å². The largest absolute Gasteiger partial charge is 0.466 e. The summed E-state index contributed by atoms with van der Waals surface area (Å²) >= 11 is 0. The van der Waals surface area contributed by atoms with Crippen LogP contribution < -0.4 is 10.5 Å². The number of benzene rings is 2. The van der Waals surface area contributed by atoms with Gasteiger partial charge in [0.05, 0.1) is 22.5 Å². The number of ether oxygens (including phenoxy) is 1. The van der Waals surface area contributed by atoms with Crippen LogP contribution in [0.25, 0.3) is 11.0 Å². The van der Waals surface area contributed by atoms with Crippen molar-refractivity contribution in [3.63, 3.8) is 0 Å². The Labute approximate surface area is 236 Å². The molecule has 10 nitrogen and oxygen atoms in total. The molecule has 0 aliphatic carbocycles. The van der Waals surface area contributed by atoms with Gasteiger partial charge in [0.25, 0.3) is 0 Å². The molecule has 3 rings (SSSR count). The van der Waals surface area contributed by atoms with Crippen LogP contribution in [0.3, 0.4) is 0 Å². The summed E-state index contributed by atoms with van der Waals surface area (Å²) in [4.78, 5) is 18.6. The van der Waals surface area contributed by atoms with Gasteiger partial charge in [-0.3, -0.25) is 10.2 Å². The molecule has 0 spiro atoms. The number of fused-ring (bicyclic) bond motifs is 1. The zero-order valence-corrected chi connectivity index (χ0v) is 24.2. The summed E-state index contributed by atoms with van der Waals surface area (Å²) < 4.78 is 35.3. The van der Waals surface area contributed by atoms with Crippen LogP contribution in [0.4, 0.5) is 0 Å². The molecule has 0 bridgehead atoms. The Kier molecular flexibility index (Phi) is 13.2. The number of imidazole rings is 1. The van der Waals surface area contributed by atoms with Crippen LogP contribution in [0, 0.1) is 5.41 Å². The van der Waals surface area contributed by atoms with E-state index in [0.29, 0.717) is 50.2 Å². The zero-order valence-electron chi connectivity index (χ0n) is 21.8. The van der Waals surface area contributed by atoms with Crippen LogP contribution in [0.2, 0.25) is 0 Å². The minimum Gasteiger partial charge on any atom is -0.466 e. The van der Waals surface area contributed by atoms with Gasteiger partial charge in [0.2, 0.25) is 10.0 Å². The first-order chi connectivity index (χ1) is 17.1. The third kappa shape index (κ3) is 8.95. The SMILES string of the molecule is CCOC(=O)CCCn1c(Cc2ccc(C(=N)N)cc2)nc2cc(S(=O)(=O)NCCN(C)C)ccc21.Cl.Cl. The molecule has 0 saturated heterocycles. The Bertz CT molecular complexity index is 1330. The van der Waals surface area contributed by atoms with Crippen molar-refractivity contribution < 1.29 is 17.9 Å². The Morgan fingerprint density at radius 3 is 2.45 bits per heavy atom. The van der Waals surface area contributed by atoms with E-state index in [0.717, 1.165) is 16.9 Å². The van der Waals surface area contributed by atoms with E-state index in [-0.39, 0.29) is 47.9 Å². The molecule has 2 aromatic carbocycles. The Morgan fingerprint density at radius 1 is 1.16 bits per heavy atom. The standard InChI is InChI=1S/C25H34N6O4S.2ClH/c1-4-35-24(32)6-5-14-31-22-12-11-20(36(33,34)28-13-15-30(2)3)17-21(22)29-23(31)16-18-7-9-19(10-8-18)25(26)27;;/h7-12,17,28H,4-6,13-16H2,1-3H3,(H3,26,27);2*1H.